The summed E-state index contributed by atoms with van der Waals surface area (Å²) in [4.78, 5) is 0. The lowest BCUT2D eigenvalue weighted by molar-refractivity contribution is 0.00562. The van der Waals surface area contributed by atoms with Crippen LogP contribution < -0.4 is 0 Å². The van der Waals surface area contributed by atoms with Crippen molar-refractivity contribution in [2.24, 2.45) is 29.6 Å². The predicted octanol–water partition coefficient (Wildman–Crippen LogP) is 8.30. The topological polar surface area (TPSA) is 0 Å². The summed E-state index contributed by atoms with van der Waals surface area (Å²) in [5, 5.41) is -0.371. The van der Waals surface area contributed by atoms with Crippen molar-refractivity contribution in [1.29, 1.82) is 0 Å². The molecule has 3 heteroatoms. The van der Waals surface area contributed by atoms with Gasteiger partial charge in [-0.1, -0.05) is 30.2 Å². The molecular weight excluding hydrogens is 374 g/mol. The van der Waals surface area contributed by atoms with Crippen molar-refractivity contribution < 1.29 is 8.78 Å². The largest absolute Gasteiger partial charge is 0.205 e. The first-order valence-corrected chi connectivity index (χ1v) is 11.7. The molecule has 28 heavy (non-hydrogen) atoms. The van der Waals surface area contributed by atoms with Crippen molar-refractivity contribution in [3.05, 3.63) is 46.5 Å². The molecule has 0 spiro atoms. The van der Waals surface area contributed by atoms with Gasteiger partial charge < -0.3 is 0 Å². The molecule has 6 atom stereocenters. The number of hydrogen-bond acceptors (Lipinski definition) is 0. The van der Waals surface area contributed by atoms with Crippen LogP contribution >= 0.6 is 11.6 Å². The summed E-state index contributed by atoms with van der Waals surface area (Å²) in [5.74, 6) is 3.39. The minimum absolute atomic E-state index is 0.288. The molecule has 1 aromatic rings. The zero-order valence-corrected chi connectivity index (χ0v) is 17.7. The Balaban J connectivity index is 1.38. The molecule has 0 heterocycles. The fourth-order valence-electron chi connectivity index (χ4n) is 6.77. The summed E-state index contributed by atoms with van der Waals surface area (Å²) in [6, 6.07) is 2.94. The molecule has 4 rings (SSSR count). The van der Waals surface area contributed by atoms with Crippen LogP contribution in [0.2, 0.25) is 5.02 Å². The van der Waals surface area contributed by atoms with E-state index in [1.807, 2.05) is 0 Å². The fraction of sp³-hybridized carbons (Fsp3) is 0.680. The second-order valence-electron chi connectivity index (χ2n) is 9.56. The Hall–Kier alpha value is -0.890. The Morgan fingerprint density at radius 3 is 2.25 bits per heavy atom. The van der Waals surface area contributed by atoms with Gasteiger partial charge in [-0.15, -0.1) is 0 Å². The lowest BCUT2D eigenvalue weighted by Gasteiger charge is -2.51. The van der Waals surface area contributed by atoms with E-state index in [4.69, 9.17) is 11.6 Å². The van der Waals surface area contributed by atoms with E-state index in [9.17, 15) is 8.78 Å². The predicted molar refractivity (Wildman–Crippen MR) is 113 cm³/mol. The second kappa shape index (κ2) is 8.86. The van der Waals surface area contributed by atoms with E-state index in [-0.39, 0.29) is 10.9 Å². The maximum Gasteiger partial charge on any atom is 0.145 e. The van der Waals surface area contributed by atoms with Crippen molar-refractivity contribution in [3.8, 4) is 0 Å². The molecule has 3 aliphatic rings. The Morgan fingerprint density at radius 1 is 0.929 bits per heavy atom. The maximum atomic E-state index is 13.9. The highest BCUT2D eigenvalue weighted by atomic mass is 35.5. The monoisotopic (exact) mass is 406 g/mol. The van der Waals surface area contributed by atoms with Crippen LogP contribution in [0.5, 0.6) is 0 Å². The fourth-order valence-corrected chi connectivity index (χ4v) is 6.87. The van der Waals surface area contributed by atoms with Gasteiger partial charge in [0.1, 0.15) is 16.7 Å². The van der Waals surface area contributed by atoms with Crippen molar-refractivity contribution in [2.45, 2.75) is 77.0 Å². The molecule has 3 aliphatic carbocycles. The molecule has 1 aromatic carbocycles. The Bertz CT molecular complexity index is 689. The molecule has 3 saturated carbocycles. The normalized spacial score (nSPS) is 35.6. The molecule has 0 N–H and O–H groups in total. The van der Waals surface area contributed by atoms with Crippen molar-refractivity contribution in [3.63, 3.8) is 0 Å². The molecule has 0 radical (unpaired) electrons. The van der Waals surface area contributed by atoms with Crippen LogP contribution in [0.4, 0.5) is 8.78 Å². The van der Waals surface area contributed by atoms with E-state index in [0.717, 1.165) is 48.0 Å². The van der Waals surface area contributed by atoms with E-state index >= 15 is 0 Å². The van der Waals surface area contributed by atoms with Crippen LogP contribution in [0.3, 0.4) is 0 Å². The van der Waals surface area contributed by atoms with Gasteiger partial charge in [-0.2, -0.15) is 0 Å². The Kier molecular flexibility index (Phi) is 6.45. The molecule has 3 fully saturated rings. The minimum atomic E-state index is -0.612. The molecule has 0 bridgehead atoms. The van der Waals surface area contributed by atoms with Crippen LogP contribution in [-0.4, -0.2) is 0 Å². The van der Waals surface area contributed by atoms with E-state index in [2.05, 4.69) is 19.1 Å². The SMILES string of the molecule is C/C=C/CC[C@@H]1CC[C@H]2[C@H](CC[C@H]3CC(c4cc(F)c(Cl)c(F)c4)CC[C@@H]32)C1. The summed E-state index contributed by atoms with van der Waals surface area (Å²) >= 11 is 5.67. The number of allylic oxidation sites excluding steroid dienone is 2. The highest BCUT2D eigenvalue weighted by Crippen LogP contribution is 2.55. The van der Waals surface area contributed by atoms with E-state index < -0.39 is 11.6 Å². The Morgan fingerprint density at radius 2 is 1.57 bits per heavy atom. The van der Waals surface area contributed by atoms with Gasteiger partial charge in [0, 0.05) is 0 Å². The first kappa shape index (κ1) is 20.4. The summed E-state index contributed by atoms with van der Waals surface area (Å²) in [5.41, 5.74) is 0.813. The summed E-state index contributed by atoms with van der Waals surface area (Å²) in [6.45, 7) is 2.11. The van der Waals surface area contributed by atoms with Crippen molar-refractivity contribution >= 4 is 11.6 Å². The third-order valence-corrected chi connectivity index (χ3v) is 8.47. The van der Waals surface area contributed by atoms with Gasteiger partial charge >= 0.3 is 0 Å². The van der Waals surface area contributed by atoms with Crippen LogP contribution in [0.1, 0.15) is 82.6 Å². The van der Waals surface area contributed by atoms with Gasteiger partial charge in [-0.3, -0.25) is 0 Å². The summed E-state index contributed by atoms with van der Waals surface area (Å²) in [6.07, 6.45) is 17.4. The number of rotatable bonds is 4. The third kappa shape index (κ3) is 4.18. The first-order chi connectivity index (χ1) is 13.6. The Labute approximate surface area is 173 Å². The van der Waals surface area contributed by atoms with Crippen LogP contribution in [0.25, 0.3) is 0 Å². The molecule has 0 amide bonds. The summed E-state index contributed by atoms with van der Waals surface area (Å²) in [7, 11) is 0. The van der Waals surface area contributed by atoms with Crippen molar-refractivity contribution in [1.82, 2.24) is 0 Å². The minimum Gasteiger partial charge on any atom is -0.205 e. The zero-order chi connectivity index (χ0) is 19.7. The third-order valence-electron chi connectivity index (χ3n) is 8.10. The standard InChI is InChI=1S/C25H33ClF2/c1-2-3-4-5-16-6-10-21-18(12-16)7-8-19-13-17(9-11-22(19)21)20-14-23(27)25(26)24(28)15-20/h2-3,14-19,21-22H,4-13H2,1H3/b3-2+/t16-,17?,18-,19+,21+,22+/m1/s1. The maximum absolute atomic E-state index is 13.9. The smallest absolute Gasteiger partial charge is 0.145 e. The van der Waals surface area contributed by atoms with Gasteiger partial charge in [0.2, 0.25) is 0 Å². The summed E-state index contributed by atoms with van der Waals surface area (Å²) < 4.78 is 27.8. The highest BCUT2D eigenvalue weighted by Gasteiger charge is 2.44. The molecule has 154 valence electrons. The van der Waals surface area contributed by atoms with Gasteiger partial charge in [0.25, 0.3) is 0 Å². The average Bonchev–Trinajstić information content (AvgIpc) is 2.71. The second-order valence-corrected chi connectivity index (χ2v) is 9.94. The quantitative estimate of drug-likeness (QED) is 0.348. The number of halogens is 3. The van der Waals surface area contributed by atoms with E-state index in [1.165, 1.54) is 63.5 Å². The zero-order valence-electron chi connectivity index (χ0n) is 17.0. The van der Waals surface area contributed by atoms with Gasteiger partial charge in [0.05, 0.1) is 0 Å². The number of benzene rings is 1. The van der Waals surface area contributed by atoms with Gasteiger partial charge in [0.15, 0.2) is 0 Å². The van der Waals surface area contributed by atoms with Crippen LogP contribution in [0, 0.1) is 41.2 Å². The molecule has 0 nitrogen and oxygen atoms in total. The number of fused-ring (bicyclic) bond motifs is 3. The molecular formula is C25H33ClF2. The first-order valence-electron chi connectivity index (χ1n) is 11.3. The lowest BCUT2D eigenvalue weighted by atomic mass is 9.55. The van der Waals surface area contributed by atoms with Crippen molar-refractivity contribution in [2.75, 3.05) is 0 Å². The molecule has 0 aromatic heterocycles. The molecule has 0 aliphatic heterocycles. The molecule has 0 saturated heterocycles. The van der Waals surface area contributed by atoms with E-state index in [1.54, 1.807) is 0 Å². The van der Waals surface area contributed by atoms with Gasteiger partial charge in [-0.05, 0) is 118 Å². The van der Waals surface area contributed by atoms with Gasteiger partial charge in [-0.25, -0.2) is 8.78 Å². The van der Waals surface area contributed by atoms with Crippen LogP contribution in [0.15, 0.2) is 24.3 Å². The van der Waals surface area contributed by atoms with E-state index in [0.29, 0.717) is 0 Å². The number of hydrogen-bond donors (Lipinski definition) is 0. The highest BCUT2D eigenvalue weighted by molar-refractivity contribution is 6.30. The molecule has 1 unspecified atom stereocenters. The lowest BCUT2D eigenvalue weighted by Crippen LogP contribution is -2.41. The average molecular weight is 407 g/mol. The van der Waals surface area contributed by atoms with Crippen LogP contribution in [-0.2, 0) is 0 Å².